The fraction of sp³-hybridized carbons (Fsp3) is 0.0952. The van der Waals surface area contributed by atoms with E-state index in [0.29, 0.717) is 0 Å². The Hall–Kier alpha value is -2.87. The number of carboxylic acid groups (broad SMARTS) is 1. The summed E-state index contributed by atoms with van der Waals surface area (Å²) in [5, 5.41) is 9.92. The molecule has 0 amide bonds. The van der Waals surface area contributed by atoms with Crippen molar-refractivity contribution in [3.63, 3.8) is 0 Å². The van der Waals surface area contributed by atoms with Gasteiger partial charge >= 0.3 is 5.97 Å². The molecule has 114 valence electrons. The normalized spacial score (nSPS) is 12.0. The zero-order chi connectivity index (χ0) is 16.1. The molecule has 0 aliphatic rings. The third-order valence-electron chi connectivity index (χ3n) is 4.08. The topological polar surface area (TPSA) is 37.3 Å². The zero-order valence-electron chi connectivity index (χ0n) is 12.7. The van der Waals surface area contributed by atoms with Crippen LogP contribution in [0.5, 0.6) is 0 Å². The lowest BCUT2D eigenvalue weighted by molar-refractivity contribution is -0.139. The smallest absolute Gasteiger partial charge is 0.311 e. The number of hydrogen-bond donors (Lipinski definition) is 1. The molecule has 0 heterocycles. The van der Waals surface area contributed by atoms with Crippen molar-refractivity contribution >= 4 is 5.97 Å². The predicted octanol–water partition coefficient (Wildman–Crippen LogP) is 4.69. The second-order valence-corrected chi connectivity index (χ2v) is 5.53. The van der Waals surface area contributed by atoms with Crippen molar-refractivity contribution in [2.24, 2.45) is 0 Å². The molecule has 1 atom stereocenters. The summed E-state index contributed by atoms with van der Waals surface area (Å²) in [7, 11) is 0. The number of rotatable bonds is 5. The predicted molar refractivity (Wildman–Crippen MR) is 91.5 cm³/mol. The number of carbonyl (C=O) groups is 1. The van der Waals surface area contributed by atoms with Crippen LogP contribution < -0.4 is 0 Å². The van der Waals surface area contributed by atoms with Crippen molar-refractivity contribution in [1.29, 1.82) is 0 Å². The van der Waals surface area contributed by atoms with E-state index in [4.69, 9.17) is 0 Å². The molecule has 0 unspecified atom stereocenters. The minimum atomic E-state index is -0.811. The van der Waals surface area contributed by atoms with Gasteiger partial charge in [0.25, 0.3) is 0 Å². The summed E-state index contributed by atoms with van der Waals surface area (Å²) in [5.74, 6) is -1.66. The molecule has 0 aliphatic carbocycles. The Labute approximate surface area is 136 Å². The maximum atomic E-state index is 12.1. The quantitative estimate of drug-likeness (QED) is 0.742. The summed E-state index contributed by atoms with van der Waals surface area (Å²) >= 11 is 0. The van der Waals surface area contributed by atoms with Crippen LogP contribution in [0.3, 0.4) is 0 Å². The number of hydrogen-bond acceptors (Lipinski definition) is 1. The first-order valence-electron chi connectivity index (χ1n) is 7.65. The summed E-state index contributed by atoms with van der Waals surface area (Å²) < 4.78 is 0. The molecule has 0 aromatic heterocycles. The van der Waals surface area contributed by atoms with Crippen molar-refractivity contribution in [3.8, 4) is 0 Å². The van der Waals surface area contributed by atoms with E-state index in [0.717, 1.165) is 16.7 Å². The van der Waals surface area contributed by atoms with Gasteiger partial charge in [-0.1, -0.05) is 91.0 Å². The third kappa shape index (κ3) is 3.32. The minimum absolute atomic E-state index is 0.225. The Morgan fingerprint density at radius 3 is 1.30 bits per heavy atom. The van der Waals surface area contributed by atoms with Gasteiger partial charge in [0.2, 0.25) is 0 Å². The molecule has 0 aliphatic heterocycles. The second kappa shape index (κ2) is 6.93. The van der Waals surface area contributed by atoms with Gasteiger partial charge in [-0.25, -0.2) is 0 Å². The first-order chi connectivity index (χ1) is 11.3. The summed E-state index contributed by atoms with van der Waals surface area (Å²) in [6, 6.07) is 29.1. The van der Waals surface area contributed by atoms with E-state index in [1.807, 2.05) is 91.0 Å². The lowest BCUT2D eigenvalue weighted by Crippen LogP contribution is -2.21. The molecule has 0 saturated heterocycles. The highest BCUT2D eigenvalue weighted by Gasteiger charge is 2.32. The van der Waals surface area contributed by atoms with Gasteiger partial charge < -0.3 is 5.11 Å². The highest BCUT2D eigenvalue weighted by molar-refractivity contribution is 5.78. The Morgan fingerprint density at radius 2 is 0.957 bits per heavy atom. The lowest BCUT2D eigenvalue weighted by Gasteiger charge is -2.25. The van der Waals surface area contributed by atoms with Gasteiger partial charge in [0.1, 0.15) is 0 Å². The van der Waals surface area contributed by atoms with Gasteiger partial charge in [-0.2, -0.15) is 0 Å². The molecule has 0 radical (unpaired) electrons. The molecule has 2 nitrogen and oxygen atoms in total. The van der Waals surface area contributed by atoms with E-state index in [9.17, 15) is 9.90 Å². The third-order valence-corrected chi connectivity index (χ3v) is 4.08. The fourth-order valence-electron chi connectivity index (χ4n) is 3.04. The van der Waals surface area contributed by atoms with Crippen LogP contribution >= 0.6 is 0 Å². The Morgan fingerprint density at radius 1 is 0.609 bits per heavy atom. The van der Waals surface area contributed by atoms with Crippen LogP contribution in [-0.4, -0.2) is 11.1 Å². The monoisotopic (exact) mass is 302 g/mol. The van der Waals surface area contributed by atoms with Gasteiger partial charge in [-0.05, 0) is 16.7 Å². The fourth-order valence-corrected chi connectivity index (χ4v) is 3.04. The van der Waals surface area contributed by atoms with E-state index in [-0.39, 0.29) is 5.92 Å². The molecule has 3 aromatic carbocycles. The van der Waals surface area contributed by atoms with E-state index in [1.165, 1.54) is 0 Å². The molecule has 0 bridgehead atoms. The van der Waals surface area contributed by atoms with Gasteiger partial charge in [0.15, 0.2) is 0 Å². The Balaban J connectivity index is 2.15. The maximum absolute atomic E-state index is 12.1. The summed E-state index contributed by atoms with van der Waals surface area (Å²) in [4.78, 5) is 12.1. The van der Waals surface area contributed by atoms with E-state index in [2.05, 4.69) is 0 Å². The average molecular weight is 302 g/mol. The summed E-state index contributed by atoms with van der Waals surface area (Å²) in [6.45, 7) is 0. The highest BCUT2D eigenvalue weighted by Crippen LogP contribution is 2.38. The van der Waals surface area contributed by atoms with Crippen LogP contribution in [0, 0.1) is 0 Å². The van der Waals surface area contributed by atoms with Crippen LogP contribution in [0.4, 0.5) is 0 Å². The Kier molecular flexibility index (Phi) is 4.53. The van der Waals surface area contributed by atoms with Gasteiger partial charge in [-0.15, -0.1) is 0 Å². The van der Waals surface area contributed by atoms with E-state index in [1.54, 1.807) is 0 Å². The van der Waals surface area contributed by atoms with Crippen LogP contribution in [0.1, 0.15) is 28.5 Å². The summed E-state index contributed by atoms with van der Waals surface area (Å²) in [6.07, 6.45) is 0. The lowest BCUT2D eigenvalue weighted by atomic mass is 9.77. The molecule has 0 fully saturated rings. The number of carboxylic acids is 1. The molecular weight excluding hydrogens is 284 g/mol. The number of benzene rings is 3. The van der Waals surface area contributed by atoms with Crippen molar-refractivity contribution in [2.75, 3.05) is 0 Å². The Bertz CT molecular complexity index is 712. The van der Waals surface area contributed by atoms with E-state index >= 15 is 0 Å². The molecule has 3 aromatic rings. The average Bonchev–Trinajstić information content (AvgIpc) is 2.61. The standard InChI is InChI=1S/C21H18O2/c22-21(23)20(18-14-8-3-9-15-18)19(16-10-4-1-5-11-16)17-12-6-2-7-13-17/h1-15,19-20H,(H,22,23)/t20-/m1/s1. The largest absolute Gasteiger partial charge is 0.481 e. The molecule has 3 rings (SSSR count). The zero-order valence-corrected chi connectivity index (χ0v) is 12.7. The van der Waals surface area contributed by atoms with E-state index < -0.39 is 11.9 Å². The van der Waals surface area contributed by atoms with Crippen LogP contribution in [0.2, 0.25) is 0 Å². The maximum Gasteiger partial charge on any atom is 0.311 e. The second-order valence-electron chi connectivity index (χ2n) is 5.53. The van der Waals surface area contributed by atoms with Crippen LogP contribution in [0.15, 0.2) is 91.0 Å². The van der Waals surface area contributed by atoms with Crippen molar-refractivity contribution in [1.82, 2.24) is 0 Å². The molecule has 0 spiro atoms. The molecule has 1 N–H and O–H groups in total. The summed E-state index contributed by atoms with van der Waals surface area (Å²) in [5.41, 5.74) is 2.84. The SMILES string of the molecule is O=C(O)[C@H](c1ccccc1)C(c1ccccc1)c1ccccc1. The van der Waals surface area contributed by atoms with Crippen molar-refractivity contribution in [3.05, 3.63) is 108 Å². The van der Waals surface area contributed by atoms with Crippen molar-refractivity contribution < 1.29 is 9.90 Å². The van der Waals surface area contributed by atoms with Gasteiger partial charge in [0, 0.05) is 5.92 Å². The molecular formula is C21H18O2. The minimum Gasteiger partial charge on any atom is -0.481 e. The molecule has 2 heteroatoms. The number of aliphatic carboxylic acids is 1. The van der Waals surface area contributed by atoms with Crippen molar-refractivity contribution in [2.45, 2.75) is 11.8 Å². The van der Waals surface area contributed by atoms with Crippen LogP contribution in [-0.2, 0) is 4.79 Å². The first-order valence-corrected chi connectivity index (χ1v) is 7.65. The highest BCUT2D eigenvalue weighted by atomic mass is 16.4. The molecule has 0 saturated carbocycles. The van der Waals surface area contributed by atoms with Crippen LogP contribution in [0.25, 0.3) is 0 Å². The van der Waals surface area contributed by atoms with Gasteiger partial charge in [-0.3, -0.25) is 4.79 Å². The molecule has 23 heavy (non-hydrogen) atoms. The van der Waals surface area contributed by atoms with Gasteiger partial charge in [0.05, 0.1) is 5.92 Å². The first kappa shape index (κ1) is 15.0.